The number of fused-ring (bicyclic) bond motifs is 1. The number of methoxy groups -OCH3 is 1. The van der Waals surface area contributed by atoms with Crippen LogP contribution in [0, 0.1) is 0 Å². The van der Waals surface area contributed by atoms with Crippen molar-refractivity contribution < 1.29 is 14.6 Å². The minimum absolute atomic E-state index is 0.0527. The molecule has 0 aliphatic carbocycles. The van der Waals surface area contributed by atoms with Gasteiger partial charge < -0.3 is 14.8 Å². The number of carbonyl (C=O) groups is 1. The number of hydrogen-bond acceptors (Lipinski definition) is 4. The van der Waals surface area contributed by atoms with Gasteiger partial charge in [-0.1, -0.05) is 18.2 Å². The van der Waals surface area contributed by atoms with Gasteiger partial charge in [-0.2, -0.15) is 5.10 Å². The molecule has 0 aliphatic rings. The molecule has 24 heavy (non-hydrogen) atoms. The predicted molar refractivity (Wildman–Crippen MR) is 92.6 cm³/mol. The van der Waals surface area contributed by atoms with Gasteiger partial charge in [0.1, 0.15) is 0 Å². The van der Waals surface area contributed by atoms with Crippen molar-refractivity contribution in [1.29, 1.82) is 0 Å². The number of aromatic hydroxyl groups is 1. The van der Waals surface area contributed by atoms with E-state index in [9.17, 15) is 9.90 Å². The lowest BCUT2D eigenvalue weighted by Gasteiger charge is -2.06. The Morgan fingerprint density at radius 1 is 1.25 bits per heavy atom. The van der Waals surface area contributed by atoms with Crippen molar-refractivity contribution in [3.8, 4) is 11.5 Å². The number of hydrogen-bond donors (Lipinski definition) is 3. The lowest BCUT2D eigenvalue weighted by Crippen LogP contribution is -2.19. The molecule has 1 heterocycles. The zero-order valence-electron chi connectivity index (χ0n) is 13.3. The van der Waals surface area contributed by atoms with Crippen LogP contribution in [-0.2, 0) is 0 Å². The second-order valence-corrected chi connectivity index (χ2v) is 5.27. The van der Waals surface area contributed by atoms with Gasteiger partial charge in [0, 0.05) is 22.7 Å². The molecule has 6 heteroatoms. The molecule has 3 N–H and O–H groups in total. The fourth-order valence-corrected chi connectivity index (χ4v) is 2.42. The lowest BCUT2D eigenvalue weighted by atomic mass is 10.1. The summed E-state index contributed by atoms with van der Waals surface area (Å²) in [5.74, 6) is 0.111. The fourth-order valence-electron chi connectivity index (χ4n) is 2.42. The number of aromatic nitrogens is 1. The number of rotatable bonds is 4. The van der Waals surface area contributed by atoms with E-state index in [1.165, 1.54) is 13.2 Å². The van der Waals surface area contributed by atoms with Gasteiger partial charge in [0.15, 0.2) is 11.5 Å². The van der Waals surface area contributed by atoms with Crippen LogP contribution in [-0.4, -0.2) is 28.8 Å². The average molecular weight is 323 g/mol. The summed E-state index contributed by atoms with van der Waals surface area (Å²) in [7, 11) is 1.48. The van der Waals surface area contributed by atoms with Crippen LogP contribution in [0.25, 0.3) is 10.9 Å². The normalized spacial score (nSPS) is 11.5. The van der Waals surface area contributed by atoms with Gasteiger partial charge in [-0.25, -0.2) is 5.43 Å². The summed E-state index contributed by atoms with van der Waals surface area (Å²) in [6.07, 6.45) is 1.66. The van der Waals surface area contributed by atoms with E-state index < -0.39 is 0 Å². The van der Waals surface area contributed by atoms with Crippen LogP contribution in [0.1, 0.15) is 22.8 Å². The van der Waals surface area contributed by atoms with Gasteiger partial charge in [0.2, 0.25) is 0 Å². The molecule has 0 unspecified atom stereocenters. The molecule has 1 aromatic heterocycles. The Morgan fingerprint density at radius 2 is 2.04 bits per heavy atom. The Kier molecular flexibility index (Phi) is 4.20. The highest BCUT2D eigenvalue weighted by Crippen LogP contribution is 2.26. The van der Waals surface area contributed by atoms with E-state index in [1.54, 1.807) is 25.3 Å². The Hall–Kier alpha value is -3.28. The van der Waals surface area contributed by atoms with Crippen LogP contribution in [0.4, 0.5) is 0 Å². The van der Waals surface area contributed by atoms with Crippen LogP contribution in [0.5, 0.6) is 11.5 Å². The maximum atomic E-state index is 12.3. The van der Waals surface area contributed by atoms with E-state index in [-0.39, 0.29) is 11.7 Å². The zero-order chi connectivity index (χ0) is 17.1. The molecule has 3 rings (SSSR count). The molecule has 0 atom stereocenters. The van der Waals surface area contributed by atoms with Crippen molar-refractivity contribution in [2.75, 3.05) is 7.11 Å². The monoisotopic (exact) mass is 323 g/mol. The first-order valence-electron chi connectivity index (χ1n) is 7.38. The van der Waals surface area contributed by atoms with Crippen molar-refractivity contribution in [2.45, 2.75) is 6.92 Å². The number of amides is 1. The van der Waals surface area contributed by atoms with E-state index in [2.05, 4.69) is 15.5 Å². The summed E-state index contributed by atoms with van der Waals surface area (Å²) >= 11 is 0. The summed E-state index contributed by atoms with van der Waals surface area (Å²) in [6.45, 7) is 1.77. The van der Waals surface area contributed by atoms with E-state index in [4.69, 9.17) is 4.74 Å². The van der Waals surface area contributed by atoms with Crippen LogP contribution >= 0.6 is 0 Å². The topological polar surface area (TPSA) is 86.7 Å². The summed E-state index contributed by atoms with van der Waals surface area (Å²) in [5.41, 5.74) is 5.32. The third-order valence-corrected chi connectivity index (χ3v) is 3.76. The zero-order valence-corrected chi connectivity index (χ0v) is 13.3. The number of nitrogens with one attached hydrogen (secondary N) is 2. The summed E-state index contributed by atoms with van der Waals surface area (Å²) in [5, 5.41) is 14.6. The number of carbonyl (C=O) groups excluding carboxylic acids is 1. The molecular formula is C18H17N3O3. The Bertz CT molecular complexity index is 928. The number of hydrazone groups is 1. The van der Waals surface area contributed by atoms with Gasteiger partial charge in [-0.3, -0.25) is 4.79 Å². The first-order chi connectivity index (χ1) is 11.6. The molecular weight excluding hydrogens is 306 g/mol. The molecule has 3 aromatic rings. The van der Waals surface area contributed by atoms with Gasteiger partial charge >= 0.3 is 0 Å². The SMILES string of the molecule is COc1cc(/C(C)=N/NC(=O)c2c[nH]c3ccccc23)ccc1O. The summed E-state index contributed by atoms with van der Waals surface area (Å²) in [4.78, 5) is 15.4. The van der Waals surface area contributed by atoms with Gasteiger partial charge in [0.25, 0.3) is 5.91 Å². The van der Waals surface area contributed by atoms with Crippen LogP contribution < -0.4 is 10.2 Å². The van der Waals surface area contributed by atoms with Gasteiger partial charge in [0.05, 0.1) is 18.4 Å². The van der Waals surface area contributed by atoms with Crippen LogP contribution in [0.3, 0.4) is 0 Å². The number of phenols is 1. The molecule has 2 aromatic carbocycles. The van der Waals surface area contributed by atoms with Crippen molar-refractivity contribution in [3.63, 3.8) is 0 Å². The molecule has 0 bridgehead atoms. The molecule has 0 radical (unpaired) electrons. The minimum atomic E-state index is -0.294. The highest BCUT2D eigenvalue weighted by Gasteiger charge is 2.11. The number of benzene rings is 2. The standard InChI is InChI=1S/C18H17N3O3/c1-11(12-7-8-16(22)17(9-12)24-2)20-21-18(23)14-10-19-15-6-4-3-5-13(14)15/h3-10,19,22H,1-2H3,(H,21,23)/b20-11+. The van der Waals surface area contributed by atoms with Crippen LogP contribution in [0.2, 0.25) is 0 Å². The highest BCUT2D eigenvalue weighted by molar-refractivity contribution is 6.07. The lowest BCUT2D eigenvalue weighted by molar-refractivity contribution is 0.0956. The smallest absolute Gasteiger partial charge is 0.273 e. The molecule has 0 aliphatic heterocycles. The van der Waals surface area contributed by atoms with Crippen molar-refractivity contribution in [3.05, 3.63) is 59.8 Å². The van der Waals surface area contributed by atoms with E-state index in [0.29, 0.717) is 17.0 Å². The third kappa shape index (κ3) is 2.94. The molecule has 6 nitrogen and oxygen atoms in total. The predicted octanol–water partition coefficient (Wildman–Crippen LogP) is 3.04. The maximum Gasteiger partial charge on any atom is 0.273 e. The van der Waals surface area contributed by atoms with Crippen molar-refractivity contribution in [2.24, 2.45) is 5.10 Å². The fraction of sp³-hybridized carbons (Fsp3) is 0.111. The Balaban J connectivity index is 1.81. The van der Waals surface area contributed by atoms with E-state index >= 15 is 0 Å². The van der Waals surface area contributed by atoms with Crippen molar-refractivity contribution >= 4 is 22.5 Å². The highest BCUT2D eigenvalue weighted by atomic mass is 16.5. The van der Waals surface area contributed by atoms with E-state index in [0.717, 1.165) is 16.5 Å². The number of H-pyrrole nitrogens is 1. The van der Waals surface area contributed by atoms with E-state index in [1.807, 2.05) is 24.3 Å². The molecule has 0 spiro atoms. The van der Waals surface area contributed by atoms with Crippen molar-refractivity contribution in [1.82, 2.24) is 10.4 Å². The Labute approximate surface area is 138 Å². The molecule has 122 valence electrons. The molecule has 0 saturated carbocycles. The molecule has 0 fully saturated rings. The van der Waals surface area contributed by atoms with Gasteiger partial charge in [-0.05, 0) is 31.2 Å². The van der Waals surface area contributed by atoms with Gasteiger partial charge in [-0.15, -0.1) is 0 Å². The quantitative estimate of drug-likeness (QED) is 0.509. The second-order valence-electron chi connectivity index (χ2n) is 5.27. The molecule has 1 amide bonds. The average Bonchev–Trinajstić information content (AvgIpc) is 3.04. The van der Waals surface area contributed by atoms with Crippen LogP contribution in [0.15, 0.2) is 53.8 Å². The number of phenolic OH excluding ortho intramolecular Hbond substituents is 1. The number of aromatic amines is 1. The second kappa shape index (κ2) is 6.45. The molecule has 0 saturated heterocycles. The summed E-state index contributed by atoms with van der Waals surface area (Å²) < 4.78 is 5.07. The number of nitrogens with zero attached hydrogens (tertiary/aromatic N) is 1. The summed E-state index contributed by atoms with van der Waals surface area (Å²) in [6, 6.07) is 12.5. The Morgan fingerprint density at radius 3 is 2.83 bits per heavy atom. The maximum absolute atomic E-state index is 12.3. The minimum Gasteiger partial charge on any atom is -0.504 e. The number of ether oxygens (including phenoxy) is 1. The first-order valence-corrected chi connectivity index (χ1v) is 7.38. The number of para-hydroxylation sites is 1. The largest absolute Gasteiger partial charge is 0.504 e. The first kappa shape index (κ1) is 15.6. The third-order valence-electron chi connectivity index (χ3n) is 3.76.